The van der Waals surface area contributed by atoms with Gasteiger partial charge in [0.2, 0.25) is 0 Å². The number of aryl methyl sites for hydroxylation is 1. The van der Waals surface area contributed by atoms with E-state index in [9.17, 15) is 9.90 Å². The van der Waals surface area contributed by atoms with E-state index in [0.717, 1.165) is 70.7 Å². The van der Waals surface area contributed by atoms with Gasteiger partial charge in [-0.3, -0.25) is 4.79 Å². The number of para-hydroxylation sites is 1. The van der Waals surface area contributed by atoms with Gasteiger partial charge in [0.05, 0.1) is 23.0 Å². The molecule has 186 valence electrons. The Hall–Kier alpha value is -3.44. The van der Waals surface area contributed by atoms with E-state index in [1.165, 1.54) is 16.5 Å². The number of fused-ring (bicyclic) bond motifs is 1. The van der Waals surface area contributed by atoms with Crippen LogP contribution in [0.25, 0.3) is 10.9 Å². The second kappa shape index (κ2) is 9.90. The Labute approximate surface area is 213 Å². The Morgan fingerprint density at radius 1 is 1.17 bits per heavy atom. The molecule has 0 spiro atoms. The van der Waals surface area contributed by atoms with Crippen molar-refractivity contribution < 1.29 is 9.90 Å². The highest BCUT2D eigenvalue weighted by atomic mass is 16.3. The van der Waals surface area contributed by atoms with E-state index < -0.39 is 6.10 Å². The zero-order valence-corrected chi connectivity index (χ0v) is 21.6. The van der Waals surface area contributed by atoms with Crippen LogP contribution in [0.2, 0.25) is 0 Å². The molecule has 5 rings (SSSR count). The van der Waals surface area contributed by atoms with Gasteiger partial charge in [0.25, 0.3) is 0 Å². The normalized spacial score (nSPS) is 20.0. The first-order chi connectivity index (χ1) is 17.3. The van der Waals surface area contributed by atoms with Crippen molar-refractivity contribution in [3.63, 3.8) is 0 Å². The van der Waals surface area contributed by atoms with Crippen LogP contribution in [0.15, 0.2) is 70.4 Å². The van der Waals surface area contributed by atoms with E-state index in [0.29, 0.717) is 18.1 Å². The van der Waals surface area contributed by atoms with Crippen molar-refractivity contribution in [3.8, 4) is 0 Å². The van der Waals surface area contributed by atoms with Gasteiger partial charge in [-0.1, -0.05) is 30.7 Å². The van der Waals surface area contributed by atoms with Gasteiger partial charge in [-0.05, 0) is 86.9 Å². The lowest BCUT2D eigenvalue weighted by atomic mass is 9.95. The van der Waals surface area contributed by atoms with Gasteiger partial charge >= 0.3 is 0 Å². The molecule has 5 heteroatoms. The highest BCUT2D eigenvalue weighted by molar-refractivity contribution is 6.17. The molecular weight excluding hydrogens is 446 g/mol. The van der Waals surface area contributed by atoms with E-state index in [4.69, 9.17) is 4.99 Å². The number of allylic oxidation sites excluding steroid dienone is 4. The molecular formula is C31H35N3O2. The maximum atomic E-state index is 12.5. The number of nitrogens with one attached hydrogen (secondary N) is 2. The average Bonchev–Trinajstić information content (AvgIpc) is 3.40. The predicted octanol–water partition coefficient (Wildman–Crippen LogP) is 6.90. The van der Waals surface area contributed by atoms with Crippen LogP contribution in [0, 0.1) is 12.8 Å². The molecule has 36 heavy (non-hydrogen) atoms. The molecule has 0 saturated carbocycles. The van der Waals surface area contributed by atoms with Crippen molar-refractivity contribution in [3.05, 3.63) is 82.1 Å². The molecule has 3 N–H and O–H groups in total. The van der Waals surface area contributed by atoms with Crippen LogP contribution < -0.4 is 5.32 Å². The molecule has 0 radical (unpaired) electrons. The number of aromatic amines is 1. The maximum absolute atomic E-state index is 12.5. The molecule has 0 aliphatic heterocycles. The number of hydrogen-bond acceptors (Lipinski definition) is 4. The first kappa shape index (κ1) is 24.3. The fourth-order valence-electron chi connectivity index (χ4n) is 5.42. The highest BCUT2D eigenvalue weighted by Gasteiger charge is 2.29. The van der Waals surface area contributed by atoms with Crippen molar-refractivity contribution >= 4 is 33.8 Å². The number of carbonyl (C=O) groups excluding carboxylic acids is 1. The zero-order valence-electron chi connectivity index (χ0n) is 21.6. The van der Waals surface area contributed by atoms with Gasteiger partial charge in [0.15, 0.2) is 5.78 Å². The van der Waals surface area contributed by atoms with Gasteiger partial charge in [-0.15, -0.1) is 0 Å². The van der Waals surface area contributed by atoms with Gasteiger partial charge < -0.3 is 15.4 Å². The summed E-state index contributed by atoms with van der Waals surface area (Å²) in [5.41, 5.74) is 10.7. The third-order valence-electron chi connectivity index (χ3n) is 7.72. The number of benzene rings is 2. The molecule has 2 aromatic carbocycles. The van der Waals surface area contributed by atoms with Crippen LogP contribution >= 0.6 is 0 Å². The summed E-state index contributed by atoms with van der Waals surface area (Å²) in [6, 6.07) is 12.3. The monoisotopic (exact) mass is 481 g/mol. The standard InChI is InChI=1S/C31H35N3O2/c1-18-15-27-26(9-11-30(27)36)29(16-19(18)2)34-23-8-10-28(20(3)14-23)32-13-12-22-17-33-31-24(21(4)35)6-5-7-25(22)31/h5-8,10,14,16-18,21,32-33,35H,9,11-13,15H2,1-4H3. The highest BCUT2D eigenvalue weighted by Crippen LogP contribution is 2.36. The van der Waals surface area contributed by atoms with Crippen molar-refractivity contribution in [2.24, 2.45) is 10.9 Å². The Kier molecular flexibility index (Phi) is 6.67. The Bertz CT molecular complexity index is 1420. The van der Waals surface area contributed by atoms with Gasteiger partial charge in [-0.2, -0.15) is 0 Å². The number of aliphatic hydroxyl groups is 1. The second-order valence-corrected chi connectivity index (χ2v) is 10.3. The molecule has 0 amide bonds. The van der Waals surface area contributed by atoms with Gasteiger partial charge in [0, 0.05) is 41.4 Å². The van der Waals surface area contributed by atoms with Gasteiger partial charge in [-0.25, -0.2) is 4.99 Å². The number of aromatic nitrogens is 1. The fraction of sp³-hybridized carbons (Fsp3) is 0.355. The number of rotatable bonds is 6. The largest absolute Gasteiger partial charge is 0.389 e. The Morgan fingerprint density at radius 2 is 2.00 bits per heavy atom. The molecule has 1 aromatic heterocycles. The molecule has 0 bridgehead atoms. The summed E-state index contributed by atoms with van der Waals surface area (Å²) in [7, 11) is 0. The van der Waals surface area contributed by atoms with Crippen molar-refractivity contribution in [1.82, 2.24) is 4.98 Å². The Balaban J connectivity index is 1.32. The number of H-pyrrole nitrogens is 1. The van der Waals surface area contributed by atoms with E-state index in [1.54, 1.807) is 6.92 Å². The molecule has 2 aliphatic carbocycles. The summed E-state index contributed by atoms with van der Waals surface area (Å²) >= 11 is 0. The molecule has 0 saturated heterocycles. The van der Waals surface area contributed by atoms with Crippen molar-refractivity contribution in [2.45, 2.75) is 59.5 Å². The minimum Gasteiger partial charge on any atom is -0.389 e. The maximum Gasteiger partial charge on any atom is 0.159 e. The second-order valence-electron chi connectivity index (χ2n) is 10.3. The number of anilines is 1. The minimum absolute atomic E-state index is 0.292. The summed E-state index contributed by atoms with van der Waals surface area (Å²) < 4.78 is 0. The summed E-state index contributed by atoms with van der Waals surface area (Å²) in [5.74, 6) is 0.662. The number of Topliss-reactive ketones (excluding diaryl/α,β-unsaturated/α-hetero) is 1. The third-order valence-corrected chi connectivity index (χ3v) is 7.72. The first-order valence-corrected chi connectivity index (χ1v) is 13.0. The van der Waals surface area contributed by atoms with Crippen LogP contribution in [-0.2, 0) is 11.2 Å². The average molecular weight is 482 g/mol. The molecule has 1 heterocycles. The van der Waals surface area contributed by atoms with Crippen molar-refractivity contribution in [2.75, 3.05) is 11.9 Å². The van der Waals surface area contributed by atoms with Crippen LogP contribution in [0.3, 0.4) is 0 Å². The lowest BCUT2D eigenvalue weighted by molar-refractivity contribution is -0.115. The Morgan fingerprint density at radius 3 is 2.78 bits per heavy atom. The van der Waals surface area contributed by atoms with Gasteiger partial charge in [0.1, 0.15) is 0 Å². The summed E-state index contributed by atoms with van der Waals surface area (Å²) in [6.45, 7) is 9.04. The van der Waals surface area contributed by atoms with Crippen LogP contribution in [0.4, 0.5) is 11.4 Å². The molecule has 5 nitrogen and oxygen atoms in total. The van der Waals surface area contributed by atoms with Crippen molar-refractivity contribution in [1.29, 1.82) is 0 Å². The van der Waals surface area contributed by atoms with Crippen LogP contribution in [0.5, 0.6) is 0 Å². The number of nitrogens with zero attached hydrogens (tertiary/aromatic N) is 1. The predicted molar refractivity (Wildman–Crippen MR) is 148 cm³/mol. The topological polar surface area (TPSA) is 77.5 Å². The summed E-state index contributed by atoms with van der Waals surface area (Å²) in [6.07, 6.45) is 6.84. The van der Waals surface area contributed by atoms with E-state index in [2.05, 4.69) is 61.4 Å². The zero-order chi connectivity index (χ0) is 25.4. The molecule has 3 aromatic rings. The third kappa shape index (κ3) is 4.68. The molecule has 2 atom stereocenters. The van der Waals surface area contributed by atoms with Crippen LogP contribution in [-0.4, -0.2) is 28.1 Å². The molecule has 2 unspecified atom stereocenters. The number of aliphatic imine (C=N–C) groups is 1. The van der Waals surface area contributed by atoms with Crippen LogP contribution in [0.1, 0.15) is 62.8 Å². The SMILES string of the molecule is CC1=CC(=Nc2ccc(NCCc3c[nH]c4c(C(C)O)cccc34)c(C)c2)C2=C(CC1C)C(=O)CC2. The minimum atomic E-state index is -0.499. The quantitative estimate of drug-likeness (QED) is 0.358. The number of aliphatic hydroxyl groups excluding tert-OH is 1. The molecule has 2 aliphatic rings. The van der Waals surface area contributed by atoms with E-state index >= 15 is 0 Å². The number of ketones is 1. The lowest BCUT2D eigenvalue weighted by Gasteiger charge is -2.11. The first-order valence-electron chi connectivity index (χ1n) is 13.0. The van der Waals surface area contributed by atoms with E-state index in [-0.39, 0.29) is 0 Å². The number of hydrogen-bond donors (Lipinski definition) is 3. The van der Waals surface area contributed by atoms with E-state index in [1.807, 2.05) is 18.3 Å². The molecule has 0 fully saturated rings. The fourth-order valence-corrected chi connectivity index (χ4v) is 5.42. The summed E-state index contributed by atoms with van der Waals surface area (Å²) in [5, 5.41) is 14.8. The number of carbonyl (C=O) groups is 1. The summed E-state index contributed by atoms with van der Waals surface area (Å²) in [4.78, 5) is 20.8. The smallest absolute Gasteiger partial charge is 0.159 e. The lowest BCUT2D eigenvalue weighted by Crippen LogP contribution is -2.05.